The summed E-state index contributed by atoms with van der Waals surface area (Å²) in [5.41, 5.74) is 0.356. The zero-order chi connectivity index (χ0) is 20.1. The third-order valence-electron chi connectivity index (χ3n) is 5.55. The van der Waals surface area contributed by atoms with E-state index in [0.29, 0.717) is 18.7 Å². The van der Waals surface area contributed by atoms with E-state index in [1.165, 1.54) is 33.6 Å². The first kappa shape index (κ1) is 20.8. The van der Waals surface area contributed by atoms with E-state index in [2.05, 4.69) is 5.32 Å². The lowest BCUT2D eigenvalue weighted by molar-refractivity contribution is -0.131. The summed E-state index contributed by atoms with van der Waals surface area (Å²) < 4.78 is 33.6. The number of hydrogen-bond acceptors (Lipinski definition) is 5. The molecular weight excluding hydrogens is 384 g/mol. The number of amides is 2. The fourth-order valence-corrected chi connectivity index (χ4v) is 5.32. The second-order valence-corrected chi connectivity index (χ2v) is 9.28. The molecule has 0 radical (unpaired) electrons. The average Bonchev–Trinajstić information content (AvgIpc) is 3.27. The monoisotopic (exact) mass is 412 g/mol. The van der Waals surface area contributed by atoms with Crippen LogP contribution in [0.3, 0.4) is 0 Å². The Balaban J connectivity index is 1.47. The van der Waals surface area contributed by atoms with E-state index in [4.69, 9.17) is 4.42 Å². The van der Waals surface area contributed by atoms with Crippen molar-refractivity contribution in [1.82, 2.24) is 18.8 Å². The van der Waals surface area contributed by atoms with Crippen molar-refractivity contribution in [2.75, 3.05) is 39.8 Å². The minimum atomic E-state index is -3.52. The van der Waals surface area contributed by atoms with E-state index in [-0.39, 0.29) is 37.5 Å². The van der Waals surface area contributed by atoms with Crippen molar-refractivity contribution in [2.24, 2.45) is 0 Å². The van der Waals surface area contributed by atoms with Gasteiger partial charge in [-0.3, -0.25) is 9.59 Å². The highest BCUT2D eigenvalue weighted by Crippen LogP contribution is 2.25. The van der Waals surface area contributed by atoms with E-state index in [1.807, 2.05) is 0 Å². The fourth-order valence-electron chi connectivity index (χ4n) is 3.75. The zero-order valence-corrected chi connectivity index (χ0v) is 17.0. The summed E-state index contributed by atoms with van der Waals surface area (Å²) in [5, 5.41) is 2.55. The molecule has 0 spiro atoms. The van der Waals surface area contributed by atoms with Crippen molar-refractivity contribution < 1.29 is 22.4 Å². The molecule has 0 aromatic carbocycles. The van der Waals surface area contributed by atoms with Crippen LogP contribution in [0.25, 0.3) is 0 Å². The van der Waals surface area contributed by atoms with Gasteiger partial charge in [-0.1, -0.05) is 19.3 Å². The Morgan fingerprint density at radius 3 is 2.46 bits per heavy atom. The highest BCUT2D eigenvalue weighted by atomic mass is 32.2. The van der Waals surface area contributed by atoms with Crippen molar-refractivity contribution in [3.63, 3.8) is 0 Å². The van der Waals surface area contributed by atoms with Gasteiger partial charge in [0.25, 0.3) is 16.1 Å². The van der Waals surface area contributed by atoms with Crippen LogP contribution in [-0.2, 0) is 15.0 Å². The van der Waals surface area contributed by atoms with Crippen LogP contribution in [0.2, 0.25) is 0 Å². The highest BCUT2D eigenvalue weighted by molar-refractivity contribution is 7.86. The number of furan rings is 1. The second-order valence-electron chi connectivity index (χ2n) is 7.29. The molecule has 156 valence electrons. The Labute approximate surface area is 165 Å². The molecule has 1 aromatic rings. The molecule has 1 N–H and O–H groups in total. The first-order chi connectivity index (χ1) is 13.4. The number of piperazine rings is 1. The number of nitrogens with one attached hydrogen (secondary N) is 1. The molecule has 10 heteroatoms. The van der Waals surface area contributed by atoms with Crippen LogP contribution in [0.15, 0.2) is 23.0 Å². The summed E-state index contributed by atoms with van der Waals surface area (Å²) >= 11 is 0. The Kier molecular flexibility index (Phi) is 6.73. The van der Waals surface area contributed by atoms with Crippen molar-refractivity contribution in [3.05, 3.63) is 24.2 Å². The van der Waals surface area contributed by atoms with Gasteiger partial charge in [0.1, 0.15) is 6.26 Å². The van der Waals surface area contributed by atoms with Crippen LogP contribution < -0.4 is 5.32 Å². The van der Waals surface area contributed by atoms with Crippen LogP contribution in [0.1, 0.15) is 42.5 Å². The maximum atomic E-state index is 12.9. The number of nitrogens with zero attached hydrogens (tertiary/aromatic N) is 3. The summed E-state index contributed by atoms with van der Waals surface area (Å²) in [4.78, 5) is 25.8. The van der Waals surface area contributed by atoms with Crippen LogP contribution >= 0.6 is 0 Å². The number of rotatable bonds is 6. The molecule has 2 fully saturated rings. The molecule has 1 aliphatic carbocycles. The summed E-state index contributed by atoms with van der Waals surface area (Å²) in [6.07, 6.45) is 7.82. The predicted molar refractivity (Wildman–Crippen MR) is 103 cm³/mol. The molecule has 2 heterocycles. The Hall–Kier alpha value is -1.91. The second kappa shape index (κ2) is 9.06. The van der Waals surface area contributed by atoms with E-state index < -0.39 is 10.2 Å². The largest absolute Gasteiger partial charge is 0.472 e. The molecule has 9 nitrogen and oxygen atoms in total. The van der Waals surface area contributed by atoms with Gasteiger partial charge in [0.2, 0.25) is 5.91 Å². The van der Waals surface area contributed by atoms with E-state index in [9.17, 15) is 18.0 Å². The summed E-state index contributed by atoms with van der Waals surface area (Å²) in [7, 11) is -1.86. The molecule has 28 heavy (non-hydrogen) atoms. The Bertz CT molecular complexity index is 766. The van der Waals surface area contributed by atoms with Crippen molar-refractivity contribution in [1.29, 1.82) is 0 Å². The van der Waals surface area contributed by atoms with Gasteiger partial charge in [-0.15, -0.1) is 0 Å². The molecule has 0 atom stereocenters. The minimum absolute atomic E-state index is 0.0662. The van der Waals surface area contributed by atoms with Crippen molar-refractivity contribution >= 4 is 22.0 Å². The maximum Gasteiger partial charge on any atom is 0.282 e. The summed E-state index contributed by atoms with van der Waals surface area (Å²) in [5.74, 6) is -0.605. The van der Waals surface area contributed by atoms with Crippen molar-refractivity contribution in [2.45, 2.75) is 38.1 Å². The van der Waals surface area contributed by atoms with Crippen LogP contribution in [0.5, 0.6) is 0 Å². The first-order valence-corrected chi connectivity index (χ1v) is 11.1. The van der Waals surface area contributed by atoms with Gasteiger partial charge in [-0.2, -0.15) is 17.0 Å². The lowest BCUT2D eigenvalue weighted by Gasteiger charge is -2.38. The van der Waals surface area contributed by atoms with E-state index >= 15 is 0 Å². The Morgan fingerprint density at radius 1 is 1.18 bits per heavy atom. The fraction of sp³-hybridized carbons (Fsp3) is 0.667. The summed E-state index contributed by atoms with van der Waals surface area (Å²) in [6, 6.07) is 1.59. The molecule has 0 bridgehead atoms. The maximum absolute atomic E-state index is 12.9. The average molecular weight is 413 g/mol. The van der Waals surface area contributed by atoms with Crippen LogP contribution in [-0.4, -0.2) is 79.6 Å². The van der Waals surface area contributed by atoms with Gasteiger partial charge in [-0.05, 0) is 18.9 Å². The molecule has 1 saturated heterocycles. The standard InChI is InChI=1S/C18H28N4O5S/c1-20(16-5-3-2-4-6-16)28(25,26)22-10-8-21(9-11-22)17(23)13-19-18(24)15-7-12-27-14-15/h7,12,14,16H,2-6,8-11,13H2,1H3,(H,19,24). The van der Waals surface area contributed by atoms with Gasteiger partial charge in [0.15, 0.2) is 0 Å². The van der Waals surface area contributed by atoms with Gasteiger partial charge < -0.3 is 14.6 Å². The topological polar surface area (TPSA) is 103 Å². The van der Waals surface area contributed by atoms with Gasteiger partial charge >= 0.3 is 0 Å². The third-order valence-corrected chi connectivity index (χ3v) is 7.60. The quantitative estimate of drug-likeness (QED) is 0.739. The van der Waals surface area contributed by atoms with E-state index in [0.717, 1.165) is 25.7 Å². The summed E-state index contributed by atoms with van der Waals surface area (Å²) in [6.45, 7) is 1.04. The van der Waals surface area contributed by atoms with Crippen molar-refractivity contribution in [3.8, 4) is 0 Å². The minimum Gasteiger partial charge on any atom is -0.472 e. The molecule has 2 amide bonds. The molecule has 2 aliphatic rings. The molecular formula is C18H28N4O5S. The van der Waals surface area contributed by atoms with Gasteiger partial charge in [-0.25, -0.2) is 0 Å². The van der Waals surface area contributed by atoms with Gasteiger partial charge in [0, 0.05) is 39.3 Å². The zero-order valence-electron chi connectivity index (χ0n) is 16.2. The molecule has 1 saturated carbocycles. The number of carbonyl (C=O) groups excluding carboxylic acids is 2. The molecule has 3 rings (SSSR count). The number of hydrogen-bond donors (Lipinski definition) is 1. The van der Waals surface area contributed by atoms with Crippen LogP contribution in [0, 0.1) is 0 Å². The van der Waals surface area contributed by atoms with Gasteiger partial charge in [0.05, 0.1) is 18.4 Å². The molecule has 1 aromatic heterocycles. The predicted octanol–water partition coefficient (Wildman–Crippen LogP) is 0.663. The van der Waals surface area contributed by atoms with Crippen LogP contribution in [0.4, 0.5) is 0 Å². The van der Waals surface area contributed by atoms with E-state index in [1.54, 1.807) is 11.9 Å². The lowest BCUT2D eigenvalue weighted by atomic mass is 9.96. The Morgan fingerprint density at radius 2 is 1.86 bits per heavy atom. The highest BCUT2D eigenvalue weighted by Gasteiger charge is 2.35. The molecule has 0 unspecified atom stereocenters. The molecule has 1 aliphatic heterocycles. The normalized spacial score (nSPS) is 19.7. The first-order valence-electron chi connectivity index (χ1n) is 9.71. The SMILES string of the molecule is CN(C1CCCCC1)S(=O)(=O)N1CCN(C(=O)CNC(=O)c2ccoc2)CC1. The lowest BCUT2D eigenvalue weighted by Crippen LogP contribution is -2.56. The smallest absolute Gasteiger partial charge is 0.282 e. The third kappa shape index (κ3) is 4.73. The number of carbonyl (C=O) groups is 2.